The van der Waals surface area contributed by atoms with Gasteiger partial charge in [-0.15, -0.1) is 0 Å². The van der Waals surface area contributed by atoms with E-state index in [4.69, 9.17) is 23.2 Å². The van der Waals surface area contributed by atoms with Crippen molar-refractivity contribution < 1.29 is 9.59 Å². The predicted molar refractivity (Wildman–Crippen MR) is 138 cm³/mol. The number of nitrogens with zero attached hydrogens (tertiary/aromatic N) is 1. The Kier molecular flexibility index (Phi) is 5.75. The molecule has 0 saturated carbocycles. The molecule has 0 saturated heterocycles. The molecule has 0 fully saturated rings. The zero-order valence-electron chi connectivity index (χ0n) is 18.9. The number of anilines is 2. The lowest BCUT2D eigenvalue weighted by molar-refractivity contribution is -0.118. The fraction of sp³-hybridized carbons (Fsp3) is 0.214. The molecule has 5 rings (SSSR count). The van der Waals surface area contributed by atoms with E-state index in [0.29, 0.717) is 45.3 Å². The van der Waals surface area contributed by atoms with E-state index in [1.54, 1.807) is 35.2 Å². The van der Waals surface area contributed by atoms with Gasteiger partial charge in [-0.1, -0.05) is 73.4 Å². The van der Waals surface area contributed by atoms with Crippen LogP contribution in [0.3, 0.4) is 0 Å². The topological polar surface area (TPSA) is 49.4 Å². The minimum absolute atomic E-state index is 0.0154. The highest BCUT2D eigenvalue weighted by atomic mass is 35.5. The Morgan fingerprint density at radius 2 is 1.56 bits per heavy atom. The minimum Gasteiger partial charge on any atom is -0.357 e. The van der Waals surface area contributed by atoms with E-state index in [0.717, 1.165) is 11.4 Å². The number of rotatable bonds is 2. The second-order valence-corrected chi connectivity index (χ2v) is 10.4. The molecule has 1 atom stereocenters. The number of amides is 1. The van der Waals surface area contributed by atoms with Gasteiger partial charge in [0.05, 0.1) is 17.4 Å². The summed E-state index contributed by atoms with van der Waals surface area (Å²) < 4.78 is 0. The highest BCUT2D eigenvalue weighted by molar-refractivity contribution is 6.36. The number of hydrogen-bond acceptors (Lipinski definition) is 3. The molecular formula is C28H24Cl2N2O2. The van der Waals surface area contributed by atoms with Crippen molar-refractivity contribution in [2.75, 3.05) is 10.2 Å². The summed E-state index contributed by atoms with van der Waals surface area (Å²) in [5.74, 6) is -0.249. The van der Waals surface area contributed by atoms with Gasteiger partial charge in [0.1, 0.15) is 0 Å². The maximum absolute atomic E-state index is 14.1. The first-order chi connectivity index (χ1) is 16.3. The quantitative estimate of drug-likeness (QED) is 0.405. The molecule has 172 valence electrons. The van der Waals surface area contributed by atoms with Gasteiger partial charge in [-0.2, -0.15) is 0 Å². The van der Waals surface area contributed by atoms with Crippen molar-refractivity contribution in [2.24, 2.45) is 5.41 Å². The van der Waals surface area contributed by atoms with Crippen LogP contribution in [0.2, 0.25) is 10.0 Å². The van der Waals surface area contributed by atoms with Crippen LogP contribution in [-0.4, -0.2) is 11.7 Å². The molecule has 0 aromatic heterocycles. The van der Waals surface area contributed by atoms with Crippen LogP contribution in [0.15, 0.2) is 84.1 Å². The molecule has 3 aromatic rings. The SMILES string of the molecule is CC1(C)CC(=O)C2=C(C1)Nc1ccccc1N(C(=O)c1ccccc1)[C@H]2c1c(Cl)cccc1Cl. The number of Topliss-reactive ketones (excluding diaryl/α,β-unsaturated/α-hetero) is 1. The molecule has 1 heterocycles. The molecule has 0 bridgehead atoms. The smallest absolute Gasteiger partial charge is 0.259 e. The average Bonchev–Trinajstić information content (AvgIpc) is 2.92. The number of benzene rings is 3. The van der Waals surface area contributed by atoms with Crippen molar-refractivity contribution in [3.05, 3.63) is 105 Å². The van der Waals surface area contributed by atoms with E-state index in [9.17, 15) is 9.59 Å². The molecule has 34 heavy (non-hydrogen) atoms. The molecule has 0 unspecified atom stereocenters. The van der Waals surface area contributed by atoms with Crippen LogP contribution in [0.4, 0.5) is 11.4 Å². The molecule has 1 aliphatic carbocycles. The van der Waals surface area contributed by atoms with Crippen LogP contribution in [-0.2, 0) is 4.79 Å². The van der Waals surface area contributed by atoms with Gasteiger partial charge in [0.2, 0.25) is 0 Å². The molecule has 0 spiro atoms. The zero-order chi connectivity index (χ0) is 24.0. The van der Waals surface area contributed by atoms with Crippen molar-refractivity contribution in [2.45, 2.75) is 32.7 Å². The summed E-state index contributed by atoms with van der Waals surface area (Å²) >= 11 is 13.4. The highest BCUT2D eigenvalue weighted by Gasteiger charge is 2.44. The third kappa shape index (κ3) is 3.91. The van der Waals surface area contributed by atoms with Crippen LogP contribution in [0.1, 0.15) is 48.7 Å². The number of hydrogen-bond donors (Lipinski definition) is 1. The maximum Gasteiger partial charge on any atom is 0.259 e. The molecule has 2 aliphatic rings. The van der Waals surface area contributed by atoms with Crippen LogP contribution in [0.5, 0.6) is 0 Å². The third-order valence-electron chi connectivity index (χ3n) is 6.41. The van der Waals surface area contributed by atoms with E-state index in [2.05, 4.69) is 19.2 Å². The van der Waals surface area contributed by atoms with Crippen molar-refractivity contribution in [3.8, 4) is 0 Å². The fourth-order valence-electron chi connectivity index (χ4n) is 4.98. The highest BCUT2D eigenvalue weighted by Crippen LogP contribution is 2.50. The van der Waals surface area contributed by atoms with Gasteiger partial charge in [0, 0.05) is 38.9 Å². The summed E-state index contributed by atoms with van der Waals surface area (Å²) in [5.41, 5.74) is 3.61. The molecule has 4 nitrogen and oxygen atoms in total. The van der Waals surface area contributed by atoms with Crippen molar-refractivity contribution in [1.29, 1.82) is 0 Å². The Morgan fingerprint density at radius 3 is 2.26 bits per heavy atom. The molecule has 0 radical (unpaired) electrons. The van der Waals surface area contributed by atoms with Crippen LogP contribution in [0, 0.1) is 5.41 Å². The number of ketones is 1. The summed E-state index contributed by atoms with van der Waals surface area (Å²) in [5, 5.41) is 4.32. The first-order valence-corrected chi connectivity index (χ1v) is 12.0. The number of carbonyl (C=O) groups is 2. The van der Waals surface area contributed by atoms with Gasteiger partial charge in [-0.3, -0.25) is 14.5 Å². The lowest BCUT2D eigenvalue weighted by Crippen LogP contribution is -2.39. The summed E-state index contributed by atoms with van der Waals surface area (Å²) in [6, 6.07) is 21.1. The van der Waals surface area contributed by atoms with E-state index < -0.39 is 6.04 Å². The van der Waals surface area contributed by atoms with E-state index in [-0.39, 0.29) is 17.1 Å². The van der Waals surface area contributed by atoms with Gasteiger partial charge >= 0.3 is 0 Å². The van der Waals surface area contributed by atoms with Gasteiger partial charge < -0.3 is 5.32 Å². The number of para-hydroxylation sites is 2. The van der Waals surface area contributed by atoms with Gasteiger partial charge in [-0.05, 0) is 48.2 Å². The van der Waals surface area contributed by atoms with Crippen molar-refractivity contribution in [3.63, 3.8) is 0 Å². The third-order valence-corrected chi connectivity index (χ3v) is 7.07. The number of halogens is 2. The molecule has 3 aromatic carbocycles. The molecule has 1 N–H and O–H groups in total. The molecule has 6 heteroatoms. The number of fused-ring (bicyclic) bond motifs is 1. The second-order valence-electron chi connectivity index (χ2n) is 9.55. The Hall–Kier alpha value is -3.08. The fourth-order valence-corrected chi connectivity index (χ4v) is 5.58. The van der Waals surface area contributed by atoms with Crippen LogP contribution < -0.4 is 10.2 Å². The number of allylic oxidation sites excluding steroid dienone is 1. The van der Waals surface area contributed by atoms with Crippen LogP contribution >= 0.6 is 23.2 Å². The molecular weight excluding hydrogens is 467 g/mol. The number of nitrogens with one attached hydrogen (secondary N) is 1. The van der Waals surface area contributed by atoms with E-state index in [1.165, 1.54) is 0 Å². The summed E-state index contributed by atoms with van der Waals surface area (Å²) in [6.07, 6.45) is 1.03. The normalized spacial score (nSPS) is 19.1. The summed E-state index contributed by atoms with van der Waals surface area (Å²) in [4.78, 5) is 29.5. The van der Waals surface area contributed by atoms with E-state index in [1.807, 2.05) is 42.5 Å². The van der Waals surface area contributed by atoms with Crippen molar-refractivity contribution >= 4 is 46.3 Å². The monoisotopic (exact) mass is 490 g/mol. The molecule has 1 aliphatic heterocycles. The van der Waals surface area contributed by atoms with Gasteiger partial charge in [-0.25, -0.2) is 0 Å². The Morgan fingerprint density at radius 1 is 0.912 bits per heavy atom. The predicted octanol–water partition coefficient (Wildman–Crippen LogP) is 7.45. The van der Waals surface area contributed by atoms with Gasteiger partial charge in [0.25, 0.3) is 5.91 Å². The average molecular weight is 491 g/mol. The van der Waals surface area contributed by atoms with Crippen LogP contribution in [0.25, 0.3) is 0 Å². The Balaban J connectivity index is 1.84. The Bertz CT molecular complexity index is 1310. The largest absolute Gasteiger partial charge is 0.357 e. The maximum atomic E-state index is 14.1. The Labute approximate surface area is 209 Å². The van der Waals surface area contributed by atoms with Crippen molar-refractivity contribution in [1.82, 2.24) is 0 Å². The lowest BCUT2D eigenvalue weighted by atomic mass is 9.73. The van der Waals surface area contributed by atoms with E-state index >= 15 is 0 Å². The standard InChI is InChI=1S/C28H24Cl2N2O2/c1-28(2)15-21-25(23(33)16-28)26(24-18(29)11-8-12-19(24)30)32(22-14-7-6-13-20(22)31-21)27(34)17-9-4-3-5-10-17/h3-14,26,31H,15-16H2,1-2H3/t26-/m0/s1. The molecule has 1 amide bonds. The lowest BCUT2D eigenvalue weighted by Gasteiger charge is -2.37. The minimum atomic E-state index is -0.774. The summed E-state index contributed by atoms with van der Waals surface area (Å²) in [7, 11) is 0. The number of carbonyl (C=O) groups excluding carboxylic acids is 2. The first-order valence-electron chi connectivity index (χ1n) is 11.2. The van der Waals surface area contributed by atoms with Gasteiger partial charge in [0.15, 0.2) is 5.78 Å². The first kappa shape index (κ1) is 22.7. The summed E-state index contributed by atoms with van der Waals surface area (Å²) in [6.45, 7) is 4.16. The second kappa shape index (κ2) is 8.61. The zero-order valence-corrected chi connectivity index (χ0v) is 20.5.